The van der Waals surface area contributed by atoms with Crippen molar-refractivity contribution in [1.82, 2.24) is 0 Å². The Bertz CT molecular complexity index is 1210. The monoisotopic (exact) mass is 511 g/mol. The first-order valence-electron chi connectivity index (χ1n) is 11.3. The molecular formula is C27H27ClNO3PS. The van der Waals surface area contributed by atoms with E-state index in [1.165, 1.54) is 22.2 Å². The first-order valence-corrected chi connectivity index (χ1v) is 13.8. The number of likely N-dealkylation sites (N-methyl/N-ethyl adjacent to an activating group) is 1. The molecule has 176 valence electrons. The van der Waals surface area contributed by atoms with Crippen molar-refractivity contribution in [3.63, 3.8) is 0 Å². The van der Waals surface area contributed by atoms with Gasteiger partial charge in [-0.25, -0.2) is 0 Å². The molecule has 4 nitrogen and oxygen atoms in total. The minimum atomic E-state index is -1.62. The van der Waals surface area contributed by atoms with E-state index in [0.717, 1.165) is 28.1 Å². The maximum Gasteiger partial charge on any atom is 0.397 e. The number of anilines is 1. The minimum absolute atomic E-state index is 0.316. The van der Waals surface area contributed by atoms with Crippen LogP contribution in [0.15, 0.2) is 72.1 Å². The zero-order valence-corrected chi connectivity index (χ0v) is 21.7. The largest absolute Gasteiger partial charge is 0.425 e. The number of rotatable bonds is 9. The van der Waals surface area contributed by atoms with E-state index < -0.39 is 8.60 Å². The summed E-state index contributed by atoms with van der Waals surface area (Å²) < 4.78 is 20.0. The van der Waals surface area contributed by atoms with Gasteiger partial charge in [-0.05, 0) is 34.6 Å². The first kappa shape index (κ1) is 23.6. The Morgan fingerprint density at radius 1 is 1.00 bits per heavy atom. The highest BCUT2D eigenvalue weighted by Crippen LogP contribution is 2.52. The Labute approximate surface area is 211 Å². The van der Waals surface area contributed by atoms with Crippen LogP contribution in [0, 0.1) is 6.92 Å². The van der Waals surface area contributed by atoms with Crippen molar-refractivity contribution in [2.75, 3.05) is 24.4 Å². The second-order valence-corrected chi connectivity index (χ2v) is 10.8. The van der Waals surface area contributed by atoms with Crippen LogP contribution in [0.1, 0.15) is 28.2 Å². The topological polar surface area (TPSA) is 30.9 Å². The molecule has 4 aromatic rings. The molecule has 2 heterocycles. The van der Waals surface area contributed by atoms with E-state index >= 15 is 0 Å². The molecular weight excluding hydrogens is 485 g/mol. The van der Waals surface area contributed by atoms with Gasteiger partial charge >= 0.3 is 8.60 Å². The molecule has 0 spiro atoms. The number of aryl methyl sites for hydroxylation is 1. The highest BCUT2D eigenvalue weighted by molar-refractivity contribution is 7.42. The van der Waals surface area contributed by atoms with Crippen molar-refractivity contribution in [3.05, 3.63) is 94.4 Å². The Kier molecular flexibility index (Phi) is 7.38. The van der Waals surface area contributed by atoms with Crippen molar-refractivity contribution >= 4 is 47.3 Å². The molecule has 1 atom stereocenters. The summed E-state index contributed by atoms with van der Waals surface area (Å²) in [6, 6.07) is 22.3. The van der Waals surface area contributed by atoms with Crippen LogP contribution in [0.3, 0.4) is 0 Å². The first-order chi connectivity index (χ1) is 16.6. The predicted molar refractivity (Wildman–Crippen MR) is 143 cm³/mol. The number of thiophene rings is 1. The van der Waals surface area contributed by atoms with Crippen LogP contribution in [0.5, 0.6) is 5.75 Å². The van der Waals surface area contributed by atoms with Crippen molar-refractivity contribution in [1.29, 1.82) is 0 Å². The van der Waals surface area contributed by atoms with Gasteiger partial charge in [0.15, 0.2) is 0 Å². The summed E-state index contributed by atoms with van der Waals surface area (Å²) in [4.78, 5) is 2.27. The summed E-state index contributed by atoms with van der Waals surface area (Å²) in [5, 5.41) is 3.45. The third-order valence-corrected chi connectivity index (χ3v) is 8.55. The third-order valence-electron chi connectivity index (χ3n) is 6.04. The van der Waals surface area contributed by atoms with Crippen molar-refractivity contribution in [2.45, 2.75) is 26.1 Å². The van der Waals surface area contributed by atoms with Crippen LogP contribution >= 0.6 is 31.5 Å². The third kappa shape index (κ3) is 4.95. The van der Waals surface area contributed by atoms with Crippen LogP contribution in [0.4, 0.5) is 5.69 Å². The van der Waals surface area contributed by atoms with Crippen LogP contribution in [0.25, 0.3) is 10.1 Å². The smallest absolute Gasteiger partial charge is 0.397 e. The van der Waals surface area contributed by atoms with E-state index in [0.29, 0.717) is 25.0 Å². The predicted octanol–water partition coefficient (Wildman–Crippen LogP) is 8.02. The fourth-order valence-electron chi connectivity index (χ4n) is 4.37. The lowest BCUT2D eigenvalue weighted by Gasteiger charge is -2.20. The van der Waals surface area contributed by atoms with Crippen LogP contribution in [-0.4, -0.2) is 19.5 Å². The number of halogens is 1. The standard InChI is InChI=1S/C27H27ClNO3PS/c1-19-18-34-27-24(13-23-26(25(19)27)22(14-28)15-29(23)2)32-33(30-16-20-9-5-3-6-10-20)31-17-21-11-7-4-8-12-21/h3-13,18,22H,14-17H2,1-2H3. The molecule has 1 aliphatic rings. The summed E-state index contributed by atoms with van der Waals surface area (Å²) in [7, 11) is 0.493. The van der Waals surface area contributed by atoms with E-state index in [1.807, 2.05) is 60.7 Å². The molecule has 0 radical (unpaired) electrons. The second-order valence-electron chi connectivity index (χ2n) is 8.50. The van der Waals surface area contributed by atoms with Crippen LogP contribution in [-0.2, 0) is 22.3 Å². The number of hydrogen-bond acceptors (Lipinski definition) is 5. The van der Waals surface area contributed by atoms with E-state index in [-0.39, 0.29) is 0 Å². The van der Waals surface area contributed by atoms with Crippen molar-refractivity contribution in [3.8, 4) is 5.75 Å². The van der Waals surface area contributed by atoms with Gasteiger partial charge in [0.1, 0.15) is 5.75 Å². The average Bonchev–Trinajstić information content (AvgIpc) is 3.41. The number of benzene rings is 3. The Hall–Kier alpha value is -2.14. The summed E-state index contributed by atoms with van der Waals surface area (Å²) in [5.74, 6) is 1.73. The zero-order chi connectivity index (χ0) is 23.5. The highest BCUT2D eigenvalue weighted by atomic mass is 35.5. The highest BCUT2D eigenvalue weighted by Gasteiger charge is 2.31. The molecule has 3 aromatic carbocycles. The summed E-state index contributed by atoms with van der Waals surface area (Å²) in [6.07, 6.45) is 0. The summed E-state index contributed by atoms with van der Waals surface area (Å²) in [5.41, 5.74) is 5.93. The molecule has 0 aliphatic carbocycles. The Balaban J connectivity index is 1.45. The van der Waals surface area contributed by atoms with Crippen LogP contribution in [0.2, 0.25) is 0 Å². The number of alkyl halides is 1. The van der Waals surface area contributed by atoms with Gasteiger partial charge in [-0.1, -0.05) is 60.7 Å². The fraction of sp³-hybridized carbons (Fsp3) is 0.259. The number of hydrogen-bond donors (Lipinski definition) is 0. The molecule has 0 N–H and O–H groups in total. The molecule has 0 saturated heterocycles. The van der Waals surface area contributed by atoms with E-state index in [9.17, 15) is 0 Å². The van der Waals surface area contributed by atoms with E-state index in [2.05, 4.69) is 30.3 Å². The Morgan fingerprint density at radius 3 is 2.21 bits per heavy atom. The maximum absolute atomic E-state index is 6.50. The van der Waals surface area contributed by atoms with Gasteiger partial charge in [-0.15, -0.1) is 22.9 Å². The van der Waals surface area contributed by atoms with Crippen LogP contribution < -0.4 is 9.42 Å². The molecule has 0 amide bonds. The van der Waals surface area contributed by atoms with Gasteiger partial charge in [-0.3, -0.25) is 9.05 Å². The molecule has 0 fully saturated rings. The molecule has 1 aromatic heterocycles. The SMILES string of the molecule is Cc1csc2c(OP(OCc3ccccc3)OCc3ccccc3)cc3c(c12)C(CCl)CN3C. The Morgan fingerprint density at radius 2 is 1.62 bits per heavy atom. The van der Waals surface area contributed by atoms with Gasteiger partial charge in [0.25, 0.3) is 0 Å². The summed E-state index contributed by atoms with van der Waals surface area (Å²) in [6.45, 7) is 3.92. The fourth-order valence-corrected chi connectivity index (χ4v) is 6.70. The number of fused-ring (bicyclic) bond motifs is 3. The minimum Gasteiger partial charge on any atom is -0.425 e. The lowest BCUT2D eigenvalue weighted by atomic mass is 9.97. The molecule has 5 rings (SSSR count). The quantitative estimate of drug-likeness (QED) is 0.168. The lowest BCUT2D eigenvalue weighted by molar-refractivity contribution is 0.193. The molecule has 0 saturated carbocycles. The molecule has 0 bridgehead atoms. The van der Waals surface area contributed by atoms with E-state index in [1.54, 1.807) is 11.3 Å². The van der Waals surface area contributed by atoms with E-state index in [4.69, 9.17) is 25.2 Å². The van der Waals surface area contributed by atoms with Gasteiger partial charge in [0.2, 0.25) is 0 Å². The number of nitrogens with zero attached hydrogens (tertiary/aromatic N) is 1. The molecule has 7 heteroatoms. The van der Waals surface area contributed by atoms with Gasteiger partial charge in [0, 0.05) is 42.5 Å². The normalized spacial score (nSPS) is 15.3. The van der Waals surface area contributed by atoms with Gasteiger partial charge < -0.3 is 9.42 Å². The maximum atomic E-state index is 6.50. The van der Waals surface area contributed by atoms with Crippen molar-refractivity contribution < 1.29 is 13.6 Å². The summed E-state index contributed by atoms with van der Waals surface area (Å²) >= 11 is 8.06. The van der Waals surface area contributed by atoms with Crippen molar-refractivity contribution in [2.24, 2.45) is 0 Å². The molecule has 1 aliphatic heterocycles. The zero-order valence-electron chi connectivity index (χ0n) is 19.2. The average molecular weight is 512 g/mol. The lowest BCUT2D eigenvalue weighted by Crippen LogP contribution is -2.15. The molecule has 1 unspecified atom stereocenters. The van der Waals surface area contributed by atoms with Gasteiger partial charge in [0.05, 0.1) is 17.9 Å². The second kappa shape index (κ2) is 10.6. The molecule has 34 heavy (non-hydrogen) atoms. The van der Waals surface area contributed by atoms with Gasteiger partial charge in [-0.2, -0.15) is 0 Å².